The minimum absolute atomic E-state index is 0.141. The Hall–Kier alpha value is -1.59. The lowest BCUT2D eigenvalue weighted by Gasteiger charge is -2.11. The topological polar surface area (TPSA) is 32.7 Å². The number of aryl methyl sites for hydroxylation is 2. The molecule has 2 rings (SSSR count). The van der Waals surface area contributed by atoms with Gasteiger partial charge in [0.05, 0.1) is 17.8 Å². The van der Waals surface area contributed by atoms with Crippen LogP contribution in [0.5, 0.6) is 0 Å². The van der Waals surface area contributed by atoms with Crippen LogP contribution < -0.4 is 0 Å². The zero-order valence-electron chi connectivity index (χ0n) is 15.0. The summed E-state index contributed by atoms with van der Waals surface area (Å²) in [5, 5.41) is 0. The number of aliphatic imine (C=N–C) groups is 1. The Labute approximate surface area is 162 Å². The van der Waals surface area contributed by atoms with Crippen molar-refractivity contribution in [1.82, 2.24) is 4.90 Å². The number of Topliss-reactive ketones (excluding diaryl/α,β-unsaturated/α-hetero) is 1. The molecular formula is C20H23BrN2OS. The molecule has 2 aromatic rings. The van der Waals surface area contributed by atoms with Crippen LogP contribution in [0.25, 0.3) is 0 Å². The highest BCUT2D eigenvalue weighted by Gasteiger charge is 2.13. The summed E-state index contributed by atoms with van der Waals surface area (Å²) in [4.78, 5) is 20.3. The van der Waals surface area contributed by atoms with Crippen molar-refractivity contribution in [3.8, 4) is 0 Å². The number of benzene rings is 2. The van der Waals surface area contributed by atoms with E-state index in [0.29, 0.717) is 5.75 Å². The van der Waals surface area contributed by atoms with Crippen LogP contribution in [0, 0.1) is 13.8 Å². The molecule has 0 aliphatic carbocycles. The molecule has 0 unspecified atom stereocenters. The monoisotopic (exact) mass is 418 g/mol. The van der Waals surface area contributed by atoms with E-state index in [4.69, 9.17) is 0 Å². The minimum atomic E-state index is 0.141. The van der Waals surface area contributed by atoms with Crippen molar-refractivity contribution < 1.29 is 4.79 Å². The molecule has 0 N–H and O–H groups in total. The van der Waals surface area contributed by atoms with Crippen molar-refractivity contribution in [2.75, 3.05) is 19.3 Å². The zero-order valence-corrected chi connectivity index (χ0v) is 17.4. The molecule has 5 heteroatoms. The molecule has 0 saturated carbocycles. The SMILES string of the molecule is CCN(C)C=Nc1cc(C)c(C(=O)CSc2ccccc2Br)cc1C. The first-order valence-electron chi connectivity index (χ1n) is 8.18. The number of thioether (sulfide) groups is 1. The maximum Gasteiger partial charge on any atom is 0.173 e. The molecule has 0 saturated heterocycles. The molecule has 0 bridgehead atoms. The van der Waals surface area contributed by atoms with E-state index in [1.54, 1.807) is 11.8 Å². The van der Waals surface area contributed by atoms with Gasteiger partial charge in [-0.3, -0.25) is 4.79 Å². The molecule has 25 heavy (non-hydrogen) atoms. The number of ketones is 1. The molecule has 0 aromatic heterocycles. The largest absolute Gasteiger partial charge is 0.366 e. The van der Waals surface area contributed by atoms with Crippen LogP contribution in [-0.4, -0.2) is 36.4 Å². The summed E-state index contributed by atoms with van der Waals surface area (Å²) in [6, 6.07) is 11.9. The van der Waals surface area contributed by atoms with Gasteiger partial charge in [0.15, 0.2) is 5.78 Å². The smallest absolute Gasteiger partial charge is 0.173 e. The van der Waals surface area contributed by atoms with Gasteiger partial charge in [-0.15, -0.1) is 11.8 Å². The molecule has 0 heterocycles. The fraction of sp³-hybridized carbons (Fsp3) is 0.300. The Morgan fingerprint density at radius 2 is 1.96 bits per heavy atom. The van der Waals surface area contributed by atoms with Gasteiger partial charge in [0, 0.05) is 28.5 Å². The molecular weight excluding hydrogens is 396 g/mol. The Morgan fingerprint density at radius 3 is 2.64 bits per heavy atom. The van der Waals surface area contributed by atoms with E-state index >= 15 is 0 Å². The van der Waals surface area contributed by atoms with Crippen LogP contribution in [0.2, 0.25) is 0 Å². The molecule has 3 nitrogen and oxygen atoms in total. The summed E-state index contributed by atoms with van der Waals surface area (Å²) in [7, 11) is 1.99. The van der Waals surface area contributed by atoms with Crippen molar-refractivity contribution in [3.63, 3.8) is 0 Å². The number of rotatable bonds is 7. The van der Waals surface area contributed by atoms with Crippen LogP contribution in [-0.2, 0) is 0 Å². The minimum Gasteiger partial charge on any atom is -0.366 e. The van der Waals surface area contributed by atoms with Crippen LogP contribution in [0.15, 0.2) is 50.8 Å². The molecule has 0 fully saturated rings. The quantitative estimate of drug-likeness (QED) is 0.252. The van der Waals surface area contributed by atoms with Gasteiger partial charge in [-0.25, -0.2) is 4.99 Å². The third-order valence-corrected chi connectivity index (χ3v) is 5.96. The van der Waals surface area contributed by atoms with Gasteiger partial charge < -0.3 is 4.90 Å². The summed E-state index contributed by atoms with van der Waals surface area (Å²) in [5.41, 5.74) is 3.67. The predicted octanol–water partition coefficient (Wildman–Crippen LogP) is 5.65. The second-order valence-electron chi connectivity index (χ2n) is 5.91. The molecule has 0 radical (unpaired) electrons. The fourth-order valence-electron chi connectivity index (χ4n) is 2.27. The zero-order chi connectivity index (χ0) is 18.4. The lowest BCUT2D eigenvalue weighted by molar-refractivity contribution is 0.102. The molecule has 2 aromatic carbocycles. The summed E-state index contributed by atoms with van der Waals surface area (Å²) < 4.78 is 1.02. The fourth-order valence-corrected chi connectivity index (χ4v) is 3.72. The summed E-state index contributed by atoms with van der Waals surface area (Å²) in [5.74, 6) is 0.562. The predicted molar refractivity (Wildman–Crippen MR) is 112 cm³/mol. The maximum atomic E-state index is 12.6. The number of carbonyl (C=O) groups excluding carboxylic acids is 1. The van der Waals surface area contributed by atoms with Crippen LogP contribution >= 0.6 is 27.7 Å². The van der Waals surface area contributed by atoms with Gasteiger partial charge in [0.25, 0.3) is 0 Å². The van der Waals surface area contributed by atoms with E-state index in [9.17, 15) is 4.79 Å². The normalized spacial score (nSPS) is 11.1. The lowest BCUT2D eigenvalue weighted by Crippen LogP contribution is -2.14. The number of hydrogen-bond acceptors (Lipinski definition) is 3. The Balaban J connectivity index is 2.13. The van der Waals surface area contributed by atoms with E-state index in [0.717, 1.165) is 38.3 Å². The molecule has 0 atom stereocenters. The van der Waals surface area contributed by atoms with Gasteiger partial charge in [-0.05, 0) is 72.1 Å². The van der Waals surface area contributed by atoms with Gasteiger partial charge >= 0.3 is 0 Å². The highest BCUT2D eigenvalue weighted by atomic mass is 79.9. The second kappa shape index (κ2) is 9.20. The standard InChI is InChI=1S/C20H23BrN2OS/c1-5-23(4)13-22-18-11-14(2)16(10-15(18)3)19(24)12-25-20-9-7-6-8-17(20)21/h6-11,13H,5,12H2,1-4H3. The van der Waals surface area contributed by atoms with Crippen molar-refractivity contribution in [2.45, 2.75) is 25.7 Å². The summed E-state index contributed by atoms with van der Waals surface area (Å²) in [6.07, 6.45) is 1.83. The average molecular weight is 419 g/mol. The highest BCUT2D eigenvalue weighted by molar-refractivity contribution is 9.10. The molecule has 0 spiro atoms. The van der Waals surface area contributed by atoms with Gasteiger partial charge in [-0.2, -0.15) is 0 Å². The average Bonchev–Trinajstić information content (AvgIpc) is 2.60. The number of halogens is 1. The Morgan fingerprint density at radius 1 is 1.24 bits per heavy atom. The number of hydrogen-bond donors (Lipinski definition) is 0. The van der Waals surface area contributed by atoms with Crippen LogP contribution in [0.1, 0.15) is 28.4 Å². The van der Waals surface area contributed by atoms with Crippen LogP contribution in [0.4, 0.5) is 5.69 Å². The first-order valence-corrected chi connectivity index (χ1v) is 9.96. The third-order valence-electron chi connectivity index (χ3n) is 3.93. The first kappa shape index (κ1) is 19.7. The Kier molecular flexibility index (Phi) is 7.26. The number of nitrogens with zero attached hydrogens (tertiary/aromatic N) is 2. The molecule has 0 aliphatic heterocycles. The second-order valence-corrected chi connectivity index (χ2v) is 7.79. The van der Waals surface area contributed by atoms with Crippen molar-refractivity contribution in [1.29, 1.82) is 0 Å². The van der Waals surface area contributed by atoms with Gasteiger partial charge in [-0.1, -0.05) is 12.1 Å². The lowest BCUT2D eigenvalue weighted by atomic mass is 10.0. The van der Waals surface area contributed by atoms with E-state index in [2.05, 4.69) is 27.8 Å². The molecule has 0 aliphatic rings. The Bertz CT molecular complexity index is 789. The van der Waals surface area contributed by atoms with Crippen molar-refractivity contribution >= 4 is 45.5 Å². The maximum absolute atomic E-state index is 12.6. The molecule has 132 valence electrons. The van der Waals surface area contributed by atoms with E-state index in [1.165, 1.54) is 0 Å². The van der Waals surface area contributed by atoms with E-state index < -0.39 is 0 Å². The third kappa shape index (κ3) is 5.44. The highest BCUT2D eigenvalue weighted by Crippen LogP contribution is 2.29. The molecule has 0 amide bonds. The van der Waals surface area contributed by atoms with E-state index in [1.807, 2.05) is 68.5 Å². The van der Waals surface area contributed by atoms with E-state index in [-0.39, 0.29) is 5.78 Å². The van der Waals surface area contributed by atoms with Gasteiger partial charge in [0.1, 0.15) is 0 Å². The van der Waals surface area contributed by atoms with Crippen molar-refractivity contribution in [3.05, 3.63) is 57.6 Å². The summed E-state index contributed by atoms with van der Waals surface area (Å²) >= 11 is 5.07. The van der Waals surface area contributed by atoms with Crippen LogP contribution in [0.3, 0.4) is 0 Å². The summed E-state index contributed by atoms with van der Waals surface area (Å²) in [6.45, 7) is 6.95. The van der Waals surface area contributed by atoms with Gasteiger partial charge in [0.2, 0.25) is 0 Å². The number of carbonyl (C=O) groups is 1. The first-order chi connectivity index (χ1) is 11.9. The van der Waals surface area contributed by atoms with Crippen molar-refractivity contribution in [2.24, 2.45) is 4.99 Å².